The number of benzene rings is 1. The third-order valence-corrected chi connectivity index (χ3v) is 7.58. The molecular weight excluding hydrogens is 433 g/mol. The van der Waals surface area contributed by atoms with Crippen molar-refractivity contribution < 1.29 is 9.13 Å². The Kier molecular flexibility index (Phi) is 13.2. The molecule has 3 rings (SSSR count). The van der Waals surface area contributed by atoms with Crippen molar-refractivity contribution in [2.45, 2.75) is 122 Å². The first-order chi connectivity index (χ1) is 17.2. The van der Waals surface area contributed by atoms with Crippen LogP contribution in [0.4, 0.5) is 4.39 Å². The van der Waals surface area contributed by atoms with Gasteiger partial charge in [0.25, 0.3) is 0 Å². The Morgan fingerprint density at radius 3 is 2.29 bits per heavy atom. The van der Waals surface area contributed by atoms with Crippen LogP contribution in [0.2, 0.25) is 0 Å². The Morgan fingerprint density at radius 2 is 1.57 bits per heavy atom. The van der Waals surface area contributed by atoms with Gasteiger partial charge >= 0.3 is 0 Å². The van der Waals surface area contributed by atoms with Crippen LogP contribution in [0, 0.1) is 5.92 Å². The molecule has 35 heavy (non-hydrogen) atoms. The first kappa shape index (κ1) is 27.7. The van der Waals surface area contributed by atoms with Crippen LogP contribution in [0.25, 0.3) is 11.3 Å². The summed E-state index contributed by atoms with van der Waals surface area (Å²) < 4.78 is 19.6. The van der Waals surface area contributed by atoms with Gasteiger partial charge in [-0.2, -0.15) is 0 Å². The van der Waals surface area contributed by atoms with E-state index < -0.39 is 6.17 Å². The van der Waals surface area contributed by atoms with Gasteiger partial charge in [-0.15, -0.1) is 0 Å². The first-order valence-electron chi connectivity index (χ1n) is 14.6. The van der Waals surface area contributed by atoms with Crippen molar-refractivity contribution in [1.29, 1.82) is 0 Å². The number of unbranched alkanes of at least 4 members (excludes halogenated alkanes) is 8. The van der Waals surface area contributed by atoms with Gasteiger partial charge in [-0.05, 0) is 61.1 Å². The minimum Gasteiger partial charge on any atom is -0.491 e. The molecule has 1 heterocycles. The SMILES string of the molecule is CCCCCCC(F)COc1ccc(-c2ccc(CCCCCCCCC3CCCC3)cn2)cc1. The average Bonchev–Trinajstić information content (AvgIpc) is 3.41. The van der Waals surface area contributed by atoms with Crippen molar-refractivity contribution in [1.82, 2.24) is 4.98 Å². The van der Waals surface area contributed by atoms with Crippen LogP contribution >= 0.6 is 0 Å². The number of aryl methyl sites for hydroxylation is 1. The Bertz CT molecular complexity index is 782. The van der Waals surface area contributed by atoms with Gasteiger partial charge in [-0.25, -0.2) is 4.39 Å². The van der Waals surface area contributed by atoms with Crippen LogP contribution in [0.5, 0.6) is 5.75 Å². The minimum atomic E-state index is -0.887. The molecular formula is C32H48FNO. The Hall–Kier alpha value is -1.90. The summed E-state index contributed by atoms with van der Waals surface area (Å²) in [6.07, 6.45) is 22.9. The van der Waals surface area contributed by atoms with E-state index in [1.165, 1.54) is 89.0 Å². The summed E-state index contributed by atoms with van der Waals surface area (Å²) in [6, 6.07) is 12.2. The van der Waals surface area contributed by atoms with E-state index in [1.807, 2.05) is 30.5 Å². The third kappa shape index (κ3) is 11.1. The lowest BCUT2D eigenvalue weighted by Crippen LogP contribution is -2.12. The standard InChI is InChI=1S/C32H48FNO/c1-2-3-4-11-18-30(33)26-35-31-22-20-29(21-23-31)32-24-19-28(25-34-32)17-10-8-6-5-7-9-14-27-15-12-13-16-27/h19-25,27,30H,2-18,26H2,1H3. The van der Waals surface area contributed by atoms with Crippen LogP contribution in [-0.4, -0.2) is 17.8 Å². The highest BCUT2D eigenvalue weighted by atomic mass is 19.1. The highest BCUT2D eigenvalue weighted by molar-refractivity contribution is 5.60. The van der Waals surface area contributed by atoms with E-state index in [9.17, 15) is 4.39 Å². The van der Waals surface area contributed by atoms with E-state index in [0.29, 0.717) is 6.42 Å². The number of rotatable bonds is 18. The normalized spacial score (nSPS) is 14.9. The highest BCUT2D eigenvalue weighted by Crippen LogP contribution is 2.29. The molecule has 1 fully saturated rings. The lowest BCUT2D eigenvalue weighted by molar-refractivity contribution is 0.184. The summed E-state index contributed by atoms with van der Waals surface area (Å²) in [6.45, 7) is 2.31. The summed E-state index contributed by atoms with van der Waals surface area (Å²) in [5.74, 6) is 1.77. The molecule has 1 unspecified atom stereocenters. The maximum atomic E-state index is 14.0. The predicted octanol–water partition coefficient (Wildman–Crippen LogP) is 9.90. The van der Waals surface area contributed by atoms with Crippen molar-refractivity contribution in [3.05, 3.63) is 48.2 Å². The molecule has 0 spiro atoms. The first-order valence-corrected chi connectivity index (χ1v) is 14.6. The summed E-state index contributed by atoms with van der Waals surface area (Å²) >= 11 is 0. The van der Waals surface area contributed by atoms with Gasteiger partial charge in [0.2, 0.25) is 0 Å². The molecule has 3 heteroatoms. The van der Waals surface area contributed by atoms with Gasteiger partial charge in [-0.3, -0.25) is 4.98 Å². The number of hydrogen-bond donors (Lipinski definition) is 0. The molecule has 1 aliphatic rings. The zero-order chi connectivity index (χ0) is 24.6. The zero-order valence-corrected chi connectivity index (χ0v) is 22.2. The molecule has 0 N–H and O–H groups in total. The monoisotopic (exact) mass is 481 g/mol. The highest BCUT2D eigenvalue weighted by Gasteiger charge is 2.13. The molecule has 1 saturated carbocycles. The van der Waals surface area contributed by atoms with Gasteiger partial charge in [-0.1, -0.05) is 103 Å². The van der Waals surface area contributed by atoms with E-state index in [0.717, 1.165) is 42.2 Å². The number of pyridine rings is 1. The molecule has 0 amide bonds. The minimum absolute atomic E-state index is 0.138. The smallest absolute Gasteiger partial charge is 0.134 e. The lowest BCUT2D eigenvalue weighted by atomic mass is 9.99. The van der Waals surface area contributed by atoms with E-state index in [2.05, 4.69) is 24.0 Å². The maximum Gasteiger partial charge on any atom is 0.134 e. The van der Waals surface area contributed by atoms with Crippen molar-refractivity contribution in [3.63, 3.8) is 0 Å². The quantitative estimate of drug-likeness (QED) is 0.198. The predicted molar refractivity (Wildman–Crippen MR) is 147 cm³/mol. The van der Waals surface area contributed by atoms with Gasteiger partial charge in [0.1, 0.15) is 18.5 Å². The van der Waals surface area contributed by atoms with E-state index >= 15 is 0 Å². The van der Waals surface area contributed by atoms with Crippen LogP contribution < -0.4 is 4.74 Å². The van der Waals surface area contributed by atoms with E-state index in [4.69, 9.17) is 4.74 Å². The van der Waals surface area contributed by atoms with Crippen LogP contribution in [0.1, 0.15) is 115 Å². The molecule has 0 radical (unpaired) electrons. The summed E-state index contributed by atoms with van der Waals surface area (Å²) in [4.78, 5) is 4.68. The van der Waals surface area contributed by atoms with Gasteiger partial charge < -0.3 is 4.74 Å². The summed E-state index contributed by atoms with van der Waals surface area (Å²) in [7, 11) is 0. The molecule has 0 aliphatic heterocycles. The molecule has 194 valence electrons. The molecule has 0 bridgehead atoms. The lowest BCUT2D eigenvalue weighted by Gasteiger charge is -2.11. The topological polar surface area (TPSA) is 22.1 Å². The molecule has 0 saturated heterocycles. The fraction of sp³-hybridized carbons (Fsp3) is 0.656. The molecule has 1 aromatic carbocycles. The summed E-state index contributed by atoms with van der Waals surface area (Å²) in [5.41, 5.74) is 3.36. The maximum absolute atomic E-state index is 14.0. The van der Waals surface area contributed by atoms with Gasteiger partial charge in [0.05, 0.1) is 5.69 Å². The molecule has 1 aliphatic carbocycles. The number of aromatic nitrogens is 1. The van der Waals surface area contributed by atoms with E-state index in [1.54, 1.807) is 0 Å². The number of halogens is 1. The van der Waals surface area contributed by atoms with Crippen LogP contribution in [-0.2, 0) is 6.42 Å². The van der Waals surface area contributed by atoms with Crippen molar-refractivity contribution >= 4 is 0 Å². The molecule has 1 atom stereocenters. The Balaban J connectivity index is 1.27. The number of nitrogens with zero attached hydrogens (tertiary/aromatic N) is 1. The molecule has 2 nitrogen and oxygen atoms in total. The second-order valence-corrected chi connectivity index (χ2v) is 10.6. The van der Waals surface area contributed by atoms with Crippen molar-refractivity contribution in [2.24, 2.45) is 5.92 Å². The molecule has 2 aromatic rings. The number of hydrogen-bond acceptors (Lipinski definition) is 2. The van der Waals surface area contributed by atoms with Gasteiger partial charge in [0, 0.05) is 11.8 Å². The zero-order valence-electron chi connectivity index (χ0n) is 22.2. The van der Waals surface area contributed by atoms with Crippen molar-refractivity contribution in [2.75, 3.05) is 6.61 Å². The van der Waals surface area contributed by atoms with Crippen LogP contribution in [0.3, 0.4) is 0 Å². The summed E-state index contributed by atoms with van der Waals surface area (Å²) in [5, 5.41) is 0. The largest absolute Gasteiger partial charge is 0.491 e. The van der Waals surface area contributed by atoms with E-state index in [-0.39, 0.29) is 6.61 Å². The van der Waals surface area contributed by atoms with Crippen molar-refractivity contribution in [3.8, 4) is 17.0 Å². The second kappa shape index (κ2) is 16.7. The number of ether oxygens (including phenoxy) is 1. The van der Waals surface area contributed by atoms with Crippen LogP contribution in [0.15, 0.2) is 42.6 Å². The second-order valence-electron chi connectivity index (χ2n) is 10.6. The number of alkyl halides is 1. The fourth-order valence-electron chi connectivity index (χ4n) is 5.30. The Labute approximate surface area is 214 Å². The Morgan fingerprint density at radius 1 is 0.857 bits per heavy atom. The van der Waals surface area contributed by atoms with Gasteiger partial charge in [0.15, 0.2) is 0 Å². The third-order valence-electron chi connectivity index (χ3n) is 7.58. The fourth-order valence-corrected chi connectivity index (χ4v) is 5.30. The molecule has 1 aromatic heterocycles. The average molecular weight is 482 g/mol.